The summed E-state index contributed by atoms with van der Waals surface area (Å²) in [7, 11) is 0. The summed E-state index contributed by atoms with van der Waals surface area (Å²) in [6.45, 7) is 4.54. The van der Waals surface area contributed by atoms with E-state index in [1.807, 2.05) is 47.7 Å². The summed E-state index contributed by atoms with van der Waals surface area (Å²) in [5.74, 6) is 0.0687. The summed E-state index contributed by atoms with van der Waals surface area (Å²) < 4.78 is 1.85. The van der Waals surface area contributed by atoms with E-state index in [2.05, 4.69) is 33.7 Å². The summed E-state index contributed by atoms with van der Waals surface area (Å²) in [4.78, 5) is 15.0. The van der Waals surface area contributed by atoms with Gasteiger partial charge in [0.2, 0.25) is 11.1 Å². The first-order valence-electron chi connectivity index (χ1n) is 8.92. The van der Waals surface area contributed by atoms with E-state index in [4.69, 9.17) is 0 Å². The van der Waals surface area contributed by atoms with E-state index in [-0.39, 0.29) is 11.2 Å². The third kappa shape index (κ3) is 3.19. The molecule has 0 radical (unpaired) electrons. The van der Waals surface area contributed by atoms with Gasteiger partial charge in [-0.1, -0.05) is 48.2 Å². The maximum absolute atomic E-state index is 13.2. The Morgan fingerprint density at radius 3 is 2.81 bits per heavy atom. The second-order valence-corrected chi connectivity index (χ2v) is 7.79. The minimum absolute atomic E-state index is 0.0687. The van der Waals surface area contributed by atoms with Crippen LogP contribution in [0, 0.1) is 0 Å². The van der Waals surface area contributed by atoms with E-state index in [1.54, 1.807) is 0 Å². The summed E-state index contributed by atoms with van der Waals surface area (Å²) in [6, 6.07) is 14.6. The molecule has 1 aromatic heterocycles. The summed E-state index contributed by atoms with van der Waals surface area (Å²) >= 11 is 1.43. The number of aromatic nitrogens is 4. The highest BCUT2D eigenvalue weighted by Gasteiger charge is 2.30. The van der Waals surface area contributed by atoms with Crippen molar-refractivity contribution in [2.24, 2.45) is 0 Å². The third-order valence-electron chi connectivity index (χ3n) is 4.62. The van der Waals surface area contributed by atoms with Gasteiger partial charge in [-0.25, -0.2) is 4.68 Å². The predicted octanol–water partition coefficient (Wildman–Crippen LogP) is 3.69. The van der Waals surface area contributed by atoms with E-state index in [1.165, 1.54) is 11.8 Å². The van der Waals surface area contributed by atoms with Gasteiger partial charge < -0.3 is 4.90 Å². The lowest BCUT2D eigenvalue weighted by Gasteiger charge is -2.25. The fourth-order valence-corrected chi connectivity index (χ4v) is 4.05. The molecule has 0 bridgehead atoms. The molecule has 0 aliphatic heterocycles. The van der Waals surface area contributed by atoms with Gasteiger partial charge >= 0.3 is 0 Å². The zero-order chi connectivity index (χ0) is 18.1. The Morgan fingerprint density at radius 1 is 1.27 bits per heavy atom. The molecule has 134 valence electrons. The fraction of sp³-hybridized carbons (Fsp3) is 0.368. The van der Waals surface area contributed by atoms with Gasteiger partial charge in [0.1, 0.15) is 0 Å². The van der Waals surface area contributed by atoms with Gasteiger partial charge in [-0.2, -0.15) is 0 Å². The number of carbonyl (C=O) groups is 1. The standard InChI is InChI=1S/C19H21N5OS/c1-3-23(17-10-6-8-14-7-4-5-9-16(14)17)18(25)13(2)26-19-20-21-22-24(19)15-11-12-15/h4-10,13,15H,3,11-12H2,1-2H3/t13-/m1/s1. The van der Waals surface area contributed by atoms with Gasteiger partial charge in [0, 0.05) is 11.9 Å². The normalized spacial score (nSPS) is 15.2. The Labute approximate surface area is 156 Å². The first kappa shape index (κ1) is 17.0. The number of benzene rings is 2. The molecule has 2 aromatic carbocycles. The molecule has 7 heteroatoms. The Morgan fingerprint density at radius 2 is 2.04 bits per heavy atom. The average Bonchev–Trinajstić information content (AvgIpc) is 3.41. The molecule has 1 amide bonds. The maximum atomic E-state index is 13.2. The molecular weight excluding hydrogens is 346 g/mol. The van der Waals surface area contributed by atoms with Crippen LogP contribution < -0.4 is 4.90 Å². The van der Waals surface area contributed by atoms with Crippen LogP contribution in [-0.4, -0.2) is 37.9 Å². The van der Waals surface area contributed by atoms with E-state index in [0.29, 0.717) is 12.6 Å². The van der Waals surface area contributed by atoms with Crippen LogP contribution in [0.1, 0.15) is 32.7 Å². The molecule has 0 unspecified atom stereocenters. The maximum Gasteiger partial charge on any atom is 0.240 e. The van der Waals surface area contributed by atoms with Crippen LogP contribution in [0.25, 0.3) is 10.8 Å². The molecule has 1 saturated carbocycles. The number of rotatable bonds is 6. The van der Waals surface area contributed by atoms with Gasteiger partial charge in [0.05, 0.1) is 17.0 Å². The molecule has 1 atom stereocenters. The lowest BCUT2D eigenvalue weighted by atomic mass is 10.1. The van der Waals surface area contributed by atoms with Gasteiger partial charge in [-0.3, -0.25) is 4.79 Å². The summed E-state index contributed by atoms with van der Waals surface area (Å²) in [6.07, 6.45) is 2.22. The van der Waals surface area contributed by atoms with E-state index in [9.17, 15) is 4.79 Å². The molecule has 6 nitrogen and oxygen atoms in total. The number of tetrazole rings is 1. The highest BCUT2D eigenvalue weighted by Crippen LogP contribution is 2.37. The minimum atomic E-state index is -0.266. The highest BCUT2D eigenvalue weighted by atomic mass is 32.2. The van der Waals surface area contributed by atoms with E-state index in [0.717, 1.165) is 34.5 Å². The Bertz CT molecular complexity index is 931. The average molecular weight is 367 g/mol. The molecule has 4 rings (SSSR count). The van der Waals surface area contributed by atoms with Gasteiger partial charge in [0.25, 0.3) is 0 Å². The summed E-state index contributed by atoms with van der Waals surface area (Å²) in [5.41, 5.74) is 0.949. The van der Waals surface area contributed by atoms with Crippen LogP contribution >= 0.6 is 11.8 Å². The molecule has 1 fully saturated rings. The van der Waals surface area contributed by atoms with Crippen LogP contribution in [0.2, 0.25) is 0 Å². The Balaban J connectivity index is 1.59. The Kier molecular flexibility index (Phi) is 4.63. The van der Waals surface area contributed by atoms with Crippen LogP contribution in [0.5, 0.6) is 0 Å². The predicted molar refractivity (Wildman–Crippen MR) is 103 cm³/mol. The molecular formula is C19H21N5OS. The quantitative estimate of drug-likeness (QED) is 0.622. The number of thioether (sulfide) groups is 1. The molecule has 0 spiro atoms. The van der Waals surface area contributed by atoms with Crippen molar-refractivity contribution in [2.45, 2.75) is 43.1 Å². The smallest absolute Gasteiger partial charge is 0.240 e. The monoisotopic (exact) mass is 367 g/mol. The molecule has 0 N–H and O–H groups in total. The van der Waals surface area contributed by atoms with Crippen LogP contribution in [0.15, 0.2) is 47.6 Å². The molecule has 0 saturated heterocycles. The number of carbonyl (C=O) groups excluding carboxylic acids is 1. The van der Waals surface area contributed by atoms with Gasteiger partial charge in [0.15, 0.2) is 0 Å². The number of nitrogens with zero attached hydrogens (tertiary/aromatic N) is 5. The molecule has 26 heavy (non-hydrogen) atoms. The molecule has 1 aliphatic rings. The fourth-order valence-electron chi connectivity index (χ4n) is 3.13. The van der Waals surface area contributed by atoms with Crippen molar-refractivity contribution in [1.82, 2.24) is 20.2 Å². The third-order valence-corrected chi connectivity index (χ3v) is 5.66. The molecule has 1 aliphatic carbocycles. The number of hydrogen-bond donors (Lipinski definition) is 0. The Hall–Kier alpha value is -2.41. The first-order valence-corrected chi connectivity index (χ1v) is 9.80. The van der Waals surface area contributed by atoms with Crippen molar-refractivity contribution in [3.05, 3.63) is 42.5 Å². The lowest BCUT2D eigenvalue weighted by molar-refractivity contribution is -0.117. The van der Waals surface area contributed by atoms with Crippen molar-refractivity contribution in [1.29, 1.82) is 0 Å². The number of amides is 1. The van der Waals surface area contributed by atoms with Crippen molar-refractivity contribution in [3.8, 4) is 0 Å². The van der Waals surface area contributed by atoms with Crippen molar-refractivity contribution in [2.75, 3.05) is 11.4 Å². The van der Waals surface area contributed by atoms with Gasteiger partial charge in [-0.15, -0.1) is 5.10 Å². The molecule has 1 heterocycles. The first-order chi connectivity index (χ1) is 12.7. The van der Waals surface area contributed by atoms with Crippen LogP contribution in [0.4, 0.5) is 5.69 Å². The van der Waals surface area contributed by atoms with Crippen LogP contribution in [-0.2, 0) is 4.79 Å². The second-order valence-electron chi connectivity index (χ2n) is 6.48. The van der Waals surface area contributed by atoms with E-state index < -0.39 is 0 Å². The lowest BCUT2D eigenvalue weighted by Crippen LogP contribution is -2.36. The van der Waals surface area contributed by atoms with E-state index >= 15 is 0 Å². The van der Waals surface area contributed by atoms with Crippen molar-refractivity contribution in [3.63, 3.8) is 0 Å². The largest absolute Gasteiger partial charge is 0.311 e. The second kappa shape index (κ2) is 7.07. The topological polar surface area (TPSA) is 63.9 Å². The minimum Gasteiger partial charge on any atom is -0.311 e. The highest BCUT2D eigenvalue weighted by molar-refractivity contribution is 8.00. The SMILES string of the molecule is CCN(C(=O)[C@@H](C)Sc1nnnn1C1CC1)c1cccc2ccccc12. The van der Waals surface area contributed by atoms with Crippen LogP contribution in [0.3, 0.4) is 0 Å². The van der Waals surface area contributed by atoms with Crippen molar-refractivity contribution >= 4 is 34.1 Å². The summed E-state index contributed by atoms with van der Waals surface area (Å²) in [5, 5.41) is 14.6. The molecule has 3 aromatic rings. The number of hydrogen-bond acceptors (Lipinski definition) is 5. The van der Waals surface area contributed by atoms with Gasteiger partial charge in [-0.05, 0) is 48.6 Å². The van der Waals surface area contributed by atoms with Crippen molar-refractivity contribution < 1.29 is 4.79 Å². The zero-order valence-electron chi connectivity index (χ0n) is 14.9. The zero-order valence-corrected chi connectivity index (χ0v) is 15.7. The number of fused-ring (bicyclic) bond motifs is 1. The number of anilines is 1.